The van der Waals surface area contributed by atoms with E-state index in [0.717, 1.165) is 67.6 Å². The predicted molar refractivity (Wildman–Crippen MR) is 346 cm³/mol. The van der Waals surface area contributed by atoms with E-state index in [1.54, 1.807) is 0 Å². The second-order valence-corrected chi connectivity index (χ2v) is 33.1. The number of hydrogen-bond acceptors (Lipinski definition) is 11. The summed E-state index contributed by atoms with van der Waals surface area (Å²) in [5.74, 6) is -0.155. The molecule has 2 unspecified atom stereocenters. The smallest absolute Gasteiger partial charge is 0.306 e. The molecule has 0 aliphatic heterocycles. The molecule has 0 amide bonds. The fourth-order valence-corrected chi connectivity index (χ4v) is 11.6. The minimum atomic E-state index is -1.33. The lowest BCUT2D eigenvalue weighted by Gasteiger charge is -2.40. The summed E-state index contributed by atoms with van der Waals surface area (Å²) in [5.41, 5.74) is 5.31. The second kappa shape index (κ2) is 27.0. The van der Waals surface area contributed by atoms with Crippen molar-refractivity contribution in [2.75, 3.05) is 33.0 Å². The number of phenols is 3. The molecule has 0 fully saturated rings. The summed E-state index contributed by atoms with van der Waals surface area (Å²) in [5, 5.41) is 46.0. The van der Waals surface area contributed by atoms with Gasteiger partial charge in [-0.25, -0.2) is 0 Å². The summed E-state index contributed by atoms with van der Waals surface area (Å²) < 4.78 is 25.2. The predicted octanol–water partition coefficient (Wildman–Crippen LogP) is 17.3. The molecule has 0 saturated carbocycles. The summed E-state index contributed by atoms with van der Waals surface area (Å²) in [6.45, 7) is 51.2. The Hall–Kier alpha value is -5.29. The van der Waals surface area contributed by atoms with Gasteiger partial charge in [0.15, 0.2) is 0 Å². The molecule has 0 saturated heterocycles. The van der Waals surface area contributed by atoms with Crippen molar-refractivity contribution in [2.45, 2.75) is 257 Å². The highest BCUT2D eigenvalue weighted by Gasteiger charge is 2.40. The average molecular weight is 1180 g/mol. The first-order valence-corrected chi connectivity index (χ1v) is 31.3. The lowest BCUT2D eigenvalue weighted by Crippen LogP contribution is -2.43. The van der Waals surface area contributed by atoms with Crippen molar-refractivity contribution in [2.24, 2.45) is 28.1 Å². The van der Waals surface area contributed by atoms with Crippen LogP contribution in [0.25, 0.3) is 0 Å². The summed E-state index contributed by atoms with van der Waals surface area (Å²) in [7, 11) is 0. The maximum Gasteiger partial charge on any atom is 0.306 e. The van der Waals surface area contributed by atoms with Crippen molar-refractivity contribution >= 4 is 17.9 Å². The molecule has 3 aromatic rings. The molecule has 476 valence electrons. The number of allylic oxidation sites excluding steroid dienone is 3. The molecule has 0 spiro atoms. The highest BCUT2D eigenvalue weighted by atomic mass is 16.6. The van der Waals surface area contributed by atoms with Gasteiger partial charge in [0.05, 0.1) is 12.0 Å². The molecule has 11 heteroatoms. The summed E-state index contributed by atoms with van der Waals surface area (Å²) >= 11 is 0. The third kappa shape index (κ3) is 19.9. The molecular formula is C74H114O11. The van der Waals surface area contributed by atoms with E-state index in [1.807, 2.05) is 161 Å². The molecule has 0 bridgehead atoms. The zero-order chi connectivity index (χ0) is 65.0. The number of aliphatic hydroxyl groups is 1. The van der Waals surface area contributed by atoms with Crippen molar-refractivity contribution in [3.63, 3.8) is 0 Å². The van der Waals surface area contributed by atoms with Crippen LogP contribution in [0.4, 0.5) is 0 Å². The monoisotopic (exact) mass is 1180 g/mol. The van der Waals surface area contributed by atoms with Crippen molar-refractivity contribution in [3.05, 3.63) is 109 Å². The minimum absolute atomic E-state index is 0.0120. The van der Waals surface area contributed by atoms with Gasteiger partial charge < -0.3 is 39.4 Å². The van der Waals surface area contributed by atoms with Crippen LogP contribution in [-0.2, 0) is 85.1 Å². The van der Waals surface area contributed by atoms with E-state index < -0.39 is 23.3 Å². The lowest BCUT2D eigenvalue weighted by molar-refractivity contribution is -0.167. The number of esters is 3. The van der Waals surface area contributed by atoms with Crippen LogP contribution in [0.1, 0.15) is 255 Å². The van der Waals surface area contributed by atoms with E-state index in [-0.39, 0.29) is 118 Å². The Bertz CT molecular complexity index is 2540. The molecule has 2 atom stereocenters. The topological polar surface area (TPSA) is 169 Å². The van der Waals surface area contributed by atoms with Crippen LogP contribution in [0.3, 0.4) is 0 Å². The van der Waals surface area contributed by atoms with E-state index in [1.165, 1.54) is 0 Å². The van der Waals surface area contributed by atoms with Gasteiger partial charge >= 0.3 is 17.9 Å². The molecular weight excluding hydrogens is 1060 g/mol. The number of aromatic hydroxyl groups is 3. The molecule has 3 aromatic carbocycles. The Balaban J connectivity index is 1.73. The molecule has 0 heterocycles. The average Bonchev–Trinajstić information content (AvgIpc) is 1.92. The third-order valence-electron chi connectivity index (χ3n) is 16.7. The van der Waals surface area contributed by atoms with Gasteiger partial charge in [0.2, 0.25) is 0 Å². The third-order valence-corrected chi connectivity index (χ3v) is 16.7. The first-order valence-electron chi connectivity index (χ1n) is 31.3. The summed E-state index contributed by atoms with van der Waals surface area (Å²) in [6, 6.07) is 11.8. The van der Waals surface area contributed by atoms with Crippen LogP contribution in [0.5, 0.6) is 17.2 Å². The van der Waals surface area contributed by atoms with Gasteiger partial charge in [-0.15, -0.1) is 0 Å². The molecule has 4 N–H and O–H groups in total. The highest BCUT2D eigenvalue weighted by molar-refractivity contribution is 5.71. The Morgan fingerprint density at radius 3 is 0.941 bits per heavy atom. The maximum absolute atomic E-state index is 14.1. The molecule has 1 aliphatic rings. The van der Waals surface area contributed by atoms with Crippen LogP contribution in [-0.4, -0.2) is 71.4 Å². The summed E-state index contributed by atoms with van der Waals surface area (Å²) in [4.78, 5) is 42.4. The number of aliphatic hydroxyl groups excluding tert-OH is 1. The van der Waals surface area contributed by atoms with Crippen LogP contribution in [0.15, 0.2) is 59.4 Å². The lowest BCUT2D eigenvalue weighted by atomic mass is 9.66. The quantitative estimate of drug-likeness (QED) is 0.0455. The second-order valence-electron chi connectivity index (χ2n) is 33.1. The van der Waals surface area contributed by atoms with Gasteiger partial charge in [-0.3, -0.25) is 14.4 Å². The van der Waals surface area contributed by atoms with Crippen LogP contribution in [0, 0.1) is 28.1 Å². The first kappa shape index (κ1) is 72.2. The van der Waals surface area contributed by atoms with E-state index in [4.69, 9.17) is 18.9 Å². The standard InChI is InChI=1S/C74H114O11/c1-46-50(41-57(72(20,21)22)65(81)61(46)73(23,24)25)27-26-34-82-42-74(43-83-58(75)31-28-47-35-51(66(2,3)4)62(78)52(36-47)67(5,6)7,44-84-59(76)32-29-48-37-53(68(8,9)10)63(79)54(38-48)69(11,12)13)45-85-60(77)33-30-49-39-55(70(14,15)16)64(80)56(40-49)71(17,18)19/h35-41,46,50,78-81H,26-34,42-45H2,1-25H3. The minimum Gasteiger partial charge on any atom is -0.508 e. The van der Waals surface area contributed by atoms with Gasteiger partial charge in [-0.05, 0) is 148 Å². The molecule has 85 heavy (non-hydrogen) atoms. The number of hydrogen-bond donors (Lipinski definition) is 4. The molecule has 0 aromatic heterocycles. The number of carbonyl (C=O) groups excluding carboxylic acids is 3. The Morgan fingerprint density at radius 1 is 0.412 bits per heavy atom. The molecule has 1 aliphatic carbocycles. The zero-order valence-electron chi connectivity index (χ0n) is 57.5. The van der Waals surface area contributed by atoms with Crippen molar-refractivity contribution in [1.82, 2.24) is 0 Å². The largest absolute Gasteiger partial charge is 0.508 e. The maximum atomic E-state index is 14.1. The Kier molecular flexibility index (Phi) is 22.9. The van der Waals surface area contributed by atoms with Gasteiger partial charge in [0.25, 0.3) is 0 Å². The summed E-state index contributed by atoms with van der Waals surface area (Å²) in [6.07, 6.45) is 4.69. The number of ether oxygens (including phenoxy) is 4. The van der Waals surface area contributed by atoms with E-state index in [2.05, 4.69) is 54.5 Å². The molecule has 11 nitrogen and oxygen atoms in total. The highest BCUT2D eigenvalue weighted by Crippen LogP contribution is 2.49. The van der Waals surface area contributed by atoms with Gasteiger partial charge in [0, 0.05) is 25.9 Å². The van der Waals surface area contributed by atoms with Gasteiger partial charge in [-0.1, -0.05) is 216 Å². The van der Waals surface area contributed by atoms with E-state index in [0.29, 0.717) is 38.0 Å². The van der Waals surface area contributed by atoms with Gasteiger partial charge in [0.1, 0.15) is 42.8 Å². The fraction of sp³-hybridized carbons (Fsp3) is 0.662. The Morgan fingerprint density at radius 2 is 0.694 bits per heavy atom. The molecule has 0 radical (unpaired) electrons. The number of aryl methyl sites for hydroxylation is 3. The number of phenolic OH excluding ortho intramolecular Hbond substituents is 3. The normalized spacial score (nSPS) is 16.1. The van der Waals surface area contributed by atoms with E-state index in [9.17, 15) is 34.8 Å². The fourth-order valence-electron chi connectivity index (χ4n) is 11.6. The Labute approximate surface area is 514 Å². The van der Waals surface area contributed by atoms with Crippen LogP contribution < -0.4 is 0 Å². The molecule has 4 rings (SSSR count). The van der Waals surface area contributed by atoms with Crippen LogP contribution >= 0.6 is 0 Å². The van der Waals surface area contributed by atoms with E-state index >= 15 is 0 Å². The zero-order valence-corrected chi connectivity index (χ0v) is 57.5. The first-order chi connectivity index (χ1) is 38.5. The number of rotatable bonds is 21. The van der Waals surface area contributed by atoms with Crippen molar-refractivity contribution in [3.8, 4) is 17.2 Å². The number of carbonyl (C=O) groups is 3. The number of benzene rings is 3. The van der Waals surface area contributed by atoms with Crippen LogP contribution in [0.2, 0.25) is 0 Å². The van der Waals surface area contributed by atoms with Gasteiger partial charge in [-0.2, -0.15) is 0 Å². The van der Waals surface area contributed by atoms with Crippen molar-refractivity contribution < 1.29 is 53.8 Å². The SMILES string of the molecule is CC1C(C(C)(C)C)=C(O)C(C(C)(C)C)=CC1CCCOCC(COC(=O)CCc1cc(C(C)(C)C)c(O)c(C(C)(C)C)c1)(COC(=O)CCc1cc(C(C)(C)C)c(O)c(C(C)(C)C)c1)COC(=O)CCc1cc(C(C)(C)C)c(O)c(C(C)(C)C)c1. The van der Waals surface area contributed by atoms with Crippen molar-refractivity contribution in [1.29, 1.82) is 0 Å².